The van der Waals surface area contributed by atoms with Crippen molar-refractivity contribution in [1.29, 1.82) is 0 Å². The van der Waals surface area contributed by atoms with Crippen molar-refractivity contribution in [2.75, 3.05) is 13.7 Å². The smallest absolute Gasteiger partial charge is 0.0454 e. The lowest BCUT2D eigenvalue weighted by molar-refractivity contribution is 0.631. The van der Waals surface area contributed by atoms with Crippen molar-refractivity contribution in [2.45, 2.75) is 32.7 Å². The van der Waals surface area contributed by atoms with Crippen LogP contribution in [0.4, 0.5) is 0 Å². The molecule has 0 saturated carbocycles. The van der Waals surface area contributed by atoms with E-state index in [0.717, 1.165) is 13.2 Å². The molecule has 1 aromatic carbocycles. The van der Waals surface area contributed by atoms with Gasteiger partial charge in [-0.25, -0.2) is 0 Å². The monoisotopic (exact) mass is 206 g/mol. The second-order valence-corrected chi connectivity index (χ2v) is 4.01. The minimum Gasteiger partial charge on any atom is -0.308 e. The van der Waals surface area contributed by atoms with E-state index < -0.39 is 0 Å². The molecule has 84 valence electrons. The Bertz CT molecular complexity index is 266. The lowest BCUT2D eigenvalue weighted by Crippen LogP contribution is -2.25. The maximum atomic E-state index is 3.30. The normalized spacial score (nSPS) is 12.7. The molecule has 1 rings (SSSR count). The molecule has 0 saturated heterocycles. The quantitative estimate of drug-likeness (QED) is 0.552. The number of hydrogen-bond acceptors (Lipinski definition) is 2. The van der Waals surface area contributed by atoms with Gasteiger partial charge in [-0.2, -0.15) is 0 Å². The van der Waals surface area contributed by atoms with Crippen LogP contribution >= 0.6 is 0 Å². The first kappa shape index (κ1) is 12.2. The van der Waals surface area contributed by atoms with Crippen molar-refractivity contribution >= 4 is 0 Å². The highest BCUT2D eigenvalue weighted by molar-refractivity contribution is 5.24. The summed E-state index contributed by atoms with van der Waals surface area (Å²) in [6.45, 7) is 6.29. The molecule has 0 amide bonds. The molecular weight excluding hydrogens is 184 g/mol. The molecule has 15 heavy (non-hydrogen) atoms. The van der Waals surface area contributed by atoms with Crippen molar-refractivity contribution < 1.29 is 0 Å². The summed E-state index contributed by atoms with van der Waals surface area (Å²) >= 11 is 0. The highest BCUT2D eigenvalue weighted by atomic mass is 15.0. The molecule has 2 nitrogen and oxygen atoms in total. The van der Waals surface area contributed by atoms with Crippen molar-refractivity contribution in [1.82, 2.24) is 10.6 Å². The Kier molecular flexibility index (Phi) is 5.37. The molecule has 0 radical (unpaired) electrons. The fourth-order valence-electron chi connectivity index (χ4n) is 1.53. The first-order valence-electron chi connectivity index (χ1n) is 5.72. The third-order valence-corrected chi connectivity index (χ3v) is 2.79. The van der Waals surface area contributed by atoms with Crippen LogP contribution in [0.5, 0.6) is 0 Å². The Morgan fingerprint density at radius 1 is 1.20 bits per heavy atom. The van der Waals surface area contributed by atoms with Gasteiger partial charge >= 0.3 is 0 Å². The van der Waals surface area contributed by atoms with Gasteiger partial charge in [0.05, 0.1) is 0 Å². The summed E-state index contributed by atoms with van der Waals surface area (Å²) in [4.78, 5) is 0. The summed E-state index contributed by atoms with van der Waals surface area (Å²) < 4.78 is 0. The largest absolute Gasteiger partial charge is 0.308 e. The number of benzene rings is 1. The zero-order chi connectivity index (χ0) is 11.1. The van der Waals surface area contributed by atoms with E-state index in [1.165, 1.54) is 17.5 Å². The minimum absolute atomic E-state index is 0.671. The van der Waals surface area contributed by atoms with E-state index >= 15 is 0 Å². The third kappa shape index (κ3) is 4.02. The Labute approximate surface area is 93.1 Å². The lowest BCUT2D eigenvalue weighted by Gasteiger charge is -2.10. The second kappa shape index (κ2) is 6.59. The van der Waals surface area contributed by atoms with E-state index in [4.69, 9.17) is 0 Å². The highest BCUT2D eigenvalue weighted by Gasteiger charge is 2.01. The zero-order valence-electron chi connectivity index (χ0n) is 10.0. The predicted octanol–water partition coefficient (Wildman–Crippen LogP) is 2.47. The van der Waals surface area contributed by atoms with Gasteiger partial charge in [0, 0.05) is 13.2 Å². The third-order valence-electron chi connectivity index (χ3n) is 2.79. The van der Waals surface area contributed by atoms with Gasteiger partial charge in [0.25, 0.3) is 0 Å². The van der Waals surface area contributed by atoms with Crippen LogP contribution in [-0.2, 0) is 6.54 Å². The van der Waals surface area contributed by atoms with Gasteiger partial charge in [-0.1, -0.05) is 38.1 Å². The molecule has 0 bridgehead atoms. The minimum atomic E-state index is 0.671. The molecule has 0 aromatic heterocycles. The van der Waals surface area contributed by atoms with Gasteiger partial charge in [-0.3, -0.25) is 0 Å². The summed E-state index contributed by atoms with van der Waals surface area (Å²) in [6, 6.07) is 8.91. The van der Waals surface area contributed by atoms with Crippen molar-refractivity contribution in [3.63, 3.8) is 0 Å². The van der Waals surface area contributed by atoms with Gasteiger partial charge in [-0.05, 0) is 30.5 Å². The SMILES string of the molecule is CCC(C)c1ccc(CNCNC)cc1. The van der Waals surface area contributed by atoms with Crippen LogP contribution < -0.4 is 10.6 Å². The highest BCUT2D eigenvalue weighted by Crippen LogP contribution is 2.18. The van der Waals surface area contributed by atoms with Crippen LogP contribution in [0.2, 0.25) is 0 Å². The Morgan fingerprint density at radius 3 is 2.40 bits per heavy atom. The van der Waals surface area contributed by atoms with Gasteiger partial charge in [0.2, 0.25) is 0 Å². The summed E-state index contributed by atoms with van der Waals surface area (Å²) in [6.07, 6.45) is 1.21. The van der Waals surface area contributed by atoms with E-state index in [1.54, 1.807) is 0 Å². The van der Waals surface area contributed by atoms with Crippen LogP contribution in [-0.4, -0.2) is 13.7 Å². The summed E-state index contributed by atoms with van der Waals surface area (Å²) in [5.74, 6) is 0.671. The zero-order valence-corrected chi connectivity index (χ0v) is 10.0. The number of hydrogen-bond donors (Lipinski definition) is 2. The van der Waals surface area contributed by atoms with E-state index in [0.29, 0.717) is 5.92 Å². The van der Waals surface area contributed by atoms with Crippen molar-refractivity contribution in [3.05, 3.63) is 35.4 Å². The summed E-state index contributed by atoms with van der Waals surface area (Å²) in [5.41, 5.74) is 2.78. The number of nitrogens with one attached hydrogen (secondary N) is 2. The Hall–Kier alpha value is -0.860. The second-order valence-electron chi connectivity index (χ2n) is 4.01. The first-order chi connectivity index (χ1) is 7.27. The van der Waals surface area contributed by atoms with Gasteiger partial charge in [0.1, 0.15) is 0 Å². The molecule has 1 aromatic rings. The molecular formula is C13H22N2. The number of rotatable bonds is 6. The molecule has 2 heteroatoms. The molecule has 2 N–H and O–H groups in total. The molecule has 0 heterocycles. The molecule has 0 aliphatic heterocycles. The average Bonchev–Trinajstić information content (AvgIpc) is 2.29. The summed E-state index contributed by atoms with van der Waals surface area (Å²) in [7, 11) is 1.94. The van der Waals surface area contributed by atoms with Crippen LogP contribution in [0.1, 0.15) is 37.3 Å². The van der Waals surface area contributed by atoms with E-state index in [2.05, 4.69) is 48.7 Å². The topological polar surface area (TPSA) is 24.1 Å². The lowest BCUT2D eigenvalue weighted by atomic mass is 9.98. The van der Waals surface area contributed by atoms with E-state index in [1.807, 2.05) is 7.05 Å². The van der Waals surface area contributed by atoms with Crippen molar-refractivity contribution in [3.8, 4) is 0 Å². The van der Waals surface area contributed by atoms with Gasteiger partial charge < -0.3 is 10.6 Å². The van der Waals surface area contributed by atoms with Crippen molar-refractivity contribution in [2.24, 2.45) is 0 Å². The van der Waals surface area contributed by atoms with Crippen LogP contribution in [0, 0.1) is 0 Å². The Morgan fingerprint density at radius 2 is 1.87 bits per heavy atom. The molecule has 0 spiro atoms. The van der Waals surface area contributed by atoms with Crippen LogP contribution in [0.25, 0.3) is 0 Å². The van der Waals surface area contributed by atoms with Crippen LogP contribution in [0.3, 0.4) is 0 Å². The fraction of sp³-hybridized carbons (Fsp3) is 0.538. The van der Waals surface area contributed by atoms with Gasteiger partial charge in [0.15, 0.2) is 0 Å². The van der Waals surface area contributed by atoms with Crippen LogP contribution in [0.15, 0.2) is 24.3 Å². The maximum Gasteiger partial charge on any atom is 0.0454 e. The molecule has 0 aliphatic carbocycles. The summed E-state index contributed by atoms with van der Waals surface area (Å²) in [5, 5.41) is 6.37. The molecule has 0 fully saturated rings. The molecule has 0 aliphatic rings. The first-order valence-corrected chi connectivity index (χ1v) is 5.72. The van der Waals surface area contributed by atoms with Gasteiger partial charge in [-0.15, -0.1) is 0 Å². The fourth-order valence-corrected chi connectivity index (χ4v) is 1.53. The predicted molar refractivity (Wildman–Crippen MR) is 65.9 cm³/mol. The maximum absolute atomic E-state index is 3.30. The average molecular weight is 206 g/mol. The Balaban J connectivity index is 2.49. The standard InChI is InChI=1S/C13H22N2/c1-4-11(2)13-7-5-12(6-8-13)9-15-10-14-3/h5-8,11,14-15H,4,9-10H2,1-3H3. The van der Waals surface area contributed by atoms with E-state index in [9.17, 15) is 0 Å². The molecule has 1 atom stereocenters. The molecule has 1 unspecified atom stereocenters. The van der Waals surface area contributed by atoms with E-state index in [-0.39, 0.29) is 0 Å².